The molecule has 0 spiro atoms. The van der Waals surface area contributed by atoms with Crippen LogP contribution in [0.1, 0.15) is 10.4 Å². The molecule has 0 bridgehead atoms. The molecule has 1 amide bonds. The van der Waals surface area contributed by atoms with Gasteiger partial charge in [-0.05, 0) is 18.5 Å². The Morgan fingerprint density at radius 2 is 2.14 bits per heavy atom. The van der Waals surface area contributed by atoms with Crippen molar-refractivity contribution < 1.29 is 4.79 Å². The van der Waals surface area contributed by atoms with Crippen molar-refractivity contribution in [2.45, 2.75) is 5.03 Å². The van der Waals surface area contributed by atoms with Crippen LogP contribution in [0, 0.1) is 0 Å². The first kappa shape index (κ1) is 10.8. The molecule has 8 heteroatoms. The zero-order valence-corrected chi connectivity index (χ0v) is 8.98. The van der Waals surface area contributed by atoms with Crippen molar-refractivity contribution in [1.82, 2.24) is 9.78 Å². The smallest absolute Gasteiger partial charge is 0.255 e. The molecule has 6 nitrogen and oxygen atoms in total. The fourth-order valence-corrected chi connectivity index (χ4v) is 1.66. The van der Waals surface area contributed by atoms with Gasteiger partial charge < -0.3 is 17.2 Å². The number of hydrogen-bond donors (Lipinski definition) is 3. The average Bonchev–Trinajstić information content (AvgIpc) is 2.42. The van der Waals surface area contributed by atoms with E-state index in [1.54, 1.807) is 6.26 Å². The van der Waals surface area contributed by atoms with Crippen LogP contribution in [0.5, 0.6) is 0 Å². The van der Waals surface area contributed by atoms with Crippen LogP contribution in [0.25, 0.3) is 0 Å². The van der Waals surface area contributed by atoms with Crippen LogP contribution < -0.4 is 17.2 Å². The van der Waals surface area contributed by atoms with E-state index in [1.165, 1.54) is 11.8 Å². The fraction of sp³-hybridized carbons (Fsp3) is 0.167. The van der Waals surface area contributed by atoms with Gasteiger partial charge in [0.1, 0.15) is 16.4 Å². The maximum atomic E-state index is 11.0. The first-order valence-corrected chi connectivity index (χ1v) is 5.14. The first-order chi connectivity index (χ1) is 6.49. The maximum absolute atomic E-state index is 11.0. The average molecular weight is 231 g/mol. The summed E-state index contributed by atoms with van der Waals surface area (Å²) in [6.45, 7) is 0. The Bertz CT molecular complexity index is 399. The summed E-state index contributed by atoms with van der Waals surface area (Å²) in [5.74, 6) is -0.566. The summed E-state index contributed by atoms with van der Waals surface area (Å²) < 4.78 is 1.11. The van der Waals surface area contributed by atoms with E-state index in [2.05, 4.69) is 5.10 Å². The van der Waals surface area contributed by atoms with Crippen molar-refractivity contribution in [3.05, 3.63) is 5.56 Å². The van der Waals surface area contributed by atoms with Gasteiger partial charge >= 0.3 is 0 Å². The number of primary amides is 1. The number of carbonyl (C=O) groups excluding carboxylic acids is 1. The number of amides is 1. The van der Waals surface area contributed by atoms with Crippen LogP contribution in [0.2, 0.25) is 0 Å². The van der Waals surface area contributed by atoms with Crippen molar-refractivity contribution in [2.75, 3.05) is 12.0 Å². The van der Waals surface area contributed by atoms with Gasteiger partial charge in [0.15, 0.2) is 5.11 Å². The Morgan fingerprint density at radius 1 is 1.57 bits per heavy atom. The number of carbonyl (C=O) groups is 1. The molecule has 0 aliphatic carbocycles. The lowest BCUT2D eigenvalue weighted by molar-refractivity contribution is 0.0998. The molecular formula is C6H9N5OS2. The standard InChI is InChI=1S/C6H9N5OS2/c1-14-5-2(4(8)12)3(7)11(10-5)6(9)13/h7H2,1H3,(H2,8,12)(H2,9,13). The molecule has 76 valence electrons. The summed E-state index contributed by atoms with van der Waals surface area (Å²) in [7, 11) is 0. The second-order valence-electron chi connectivity index (χ2n) is 2.38. The number of hydrogen-bond acceptors (Lipinski definition) is 5. The molecule has 0 aliphatic rings. The summed E-state index contributed by atoms with van der Waals surface area (Å²) in [6, 6.07) is 0. The van der Waals surface area contributed by atoms with E-state index < -0.39 is 5.91 Å². The second kappa shape index (κ2) is 3.84. The summed E-state index contributed by atoms with van der Waals surface area (Å²) in [4.78, 5) is 11.0. The molecule has 0 radical (unpaired) electrons. The van der Waals surface area contributed by atoms with Gasteiger partial charge in [0, 0.05) is 0 Å². The minimum atomic E-state index is -0.644. The zero-order chi connectivity index (χ0) is 10.9. The lowest BCUT2D eigenvalue weighted by Gasteiger charge is -1.98. The Balaban J connectivity index is 3.40. The molecule has 1 aromatic heterocycles. The SMILES string of the molecule is CSc1nn(C(N)=S)c(N)c1C(N)=O. The number of thiocarbonyl (C=S) groups is 1. The molecule has 0 unspecified atom stereocenters. The predicted octanol–water partition coefficient (Wildman–Crippen LogP) is -0.622. The van der Waals surface area contributed by atoms with E-state index >= 15 is 0 Å². The highest BCUT2D eigenvalue weighted by molar-refractivity contribution is 7.98. The third kappa shape index (κ3) is 1.66. The van der Waals surface area contributed by atoms with Gasteiger partial charge in [0.05, 0.1) is 0 Å². The number of anilines is 1. The zero-order valence-electron chi connectivity index (χ0n) is 7.35. The van der Waals surface area contributed by atoms with E-state index in [-0.39, 0.29) is 16.5 Å². The van der Waals surface area contributed by atoms with E-state index in [4.69, 9.17) is 29.4 Å². The topological polar surface area (TPSA) is 113 Å². The highest BCUT2D eigenvalue weighted by Crippen LogP contribution is 2.23. The van der Waals surface area contributed by atoms with Gasteiger partial charge in [-0.1, -0.05) is 0 Å². The molecule has 1 heterocycles. The summed E-state index contributed by atoms with van der Waals surface area (Å²) in [5, 5.41) is 4.33. The molecule has 0 fully saturated rings. The quantitative estimate of drug-likeness (QED) is 0.462. The molecule has 0 atom stereocenters. The lowest BCUT2D eigenvalue weighted by Crippen LogP contribution is -2.23. The summed E-state index contributed by atoms with van der Waals surface area (Å²) >= 11 is 5.94. The Hall–Kier alpha value is -1.28. The van der Waals surface area contributed by atoms with Crippen LogP contribution >= 0.6 is 24.0 Å². The number of aromatic nitrogens is 2. The number of nitrogens with zero attached hydrogens (tertiary/aromatic N) is 2. The summed E-state index contributed by atoms with van der Waals surface area (Å²) in [6.07, 6.45) is 1.75. The van der Waals surface area contributed by atoms with Gasteiger partial charge in [-0.3, -0.25) is 4.79 Å². The first-order valence-electron chi connectivity index (χ1n) is 3.51. The summed E-state index contributed by atoms with van der Waals surface area (Å²) in [5.41, 5.74) is 16.2. The second-order valence-corrected chi connectivity index (χ2v) is 3.60. The fourth-order valence-electron chi connectivity index (χ4n) is 0.953. The molecule has 1 aromatic rings. The van der Waals surface area contributed by atoms with Crippen molar-refractivity contribution >= 4 is 40.8 Å². The van der Waals surface area contributed by atoms with E-state index in [0.717, 1.165) is 4.68 Å². The third-order valence-corrected chi connectivity index (χ3v) is 2.38. The van der Waals surface area contributed by atoms with Crippen LogP contribution in [-0.2, 0) is 0 Å². The lowest BCUT2D eigenvalue weighted by atomic mass is 10.3. The van der Waals surface area contributed by atoms with Gasteiger partial charge in [-0.15, -0.1) is 11.8 Å². The Kier molecular flexibility index (Phi) is 2.96. The molecule has 14 heavy (non-hydrogen) atoms. The Morgan fingerprint density at radius 3 is 2.43 bits per heavy atom. The Labute approximate surface area is 89.8 Å². The van der Waals surface area contributed by atoms with Crippen molar-refractivity contribution in [2.24, 2.45) is 11.5 Å². The molecule has 6 N–H and O–H groups in total. The number of thioether (sulfide) groups is 1. The van der Waals surface area contributed by atoms with Gasteiger partial charge in [-0.2, -0.15) is 9.78 Å². The minimum absolute atomic E-state index is 0.0229. The largest absolute Gasteiger partial charge is 0.383 e. The monoisotopic (exact) mass is 231 g/mol. The van der Waals surface area contributed by atoms with Gasteiger partial charge in [-0.25, -0.2) is 0 Å². The van der Waals surface area contributed by atoms with Gasteiger partial charge in [0.2, 0.25) is 0 Å². The molecule has 1 rings (SSSR count). The molecule has 0 saturated heterocycles. The highest BCUT2D eigenvalue weighted by atomic mass is 32.2. The molecular weight excluding hydrogens is 222 g/mol. The normalized spacial score (nSPS) is 10.1. The van der Waals surface area contributed by atoms with Crippen LogP contribution in [0.3, 0.4) is 0 Å². The minimum Gasteiger partial charge on any atom is -0.383 e. The predicted molar refractivity (Wildman–Crippen MR) is 59.1 cm³/mol. The number of rotatable bonds is 2. The van der Waals surface area contributed by atoms with E-state index in [9.17, 15) is 4.79 Å². The number of nitrogens with two attached hydrogens (primary N) is 3. The van der Waals surface area contributed by atoms with Crippen molar-refractivity contribution in [3.63, 3.8) is 0 Å². The van der Waals surface area contributed by atoms with E-state index in [1.807, 2.05) is 0 Å². The highest BCUT2D eigenvalue weighted by Gasteiger charge is 2.20. The van der Waals surface area contributed by atoms with E-state index in [0.29, 0.717) is 5.03 Å². The van der Waals surface area contributed by atoms with Crippen molar-refractivity contribution in [3.8, 4) is 0 Å². The molecule has 0 saturated carbocycles. The van der Waals surface area contributed by atoms with Crippen LogP contribution in [0.4, 0.5) is 5.82 Å². The maximum Gasteiger partial charge on any atom is 0.255 e. The van der Waals surface area contributed by atoms with Crippen molar-refractivity contribution in [1.29, 1.82) is 0 Å². The van der Waals surface area contributed by atoms with Crippen LogP contribution in [0.15, 0.2) is 5.03 Å². The molecule has 0 aliphatic heterocycles. The molecule has 0 aromatic carbocycles. The van der Waals surface area contributed by atoms with Crippen LogP contribution in [-0.4, -0.2) is 27.1 Å². The number of nitrogen functional groups attached to an aromatic ring is 1. The third-order valence-electron chi connectivity index (χ3n) is 1.54. The van der Waals surface area contributed by atoms with Gasteiger partial charge in [0.25, 0.3) is 5.91 Å².